The summed E-state index contributed by atoms with van der Waals surface area (Å²) >= 11 is 0. The molecule has 2 fully saturated rings. The summed E-state index contributed by atoms with van der Waals surface area (Å²) in [6.07, 6.45) is 2.43. The fourth-order valence-corrected chi connectivity index (χ4v) is 8.43. The Bertz CT molecular complexity index is 1150. The third-order valence-corrected chi connectivity index (χ3v) is 11.0. The molecule has 2 aliphatic rings. The quantitative estimate of drug-likeness (QED) is 0.539. The minimum atomic E-state index is -3.68. The summed E-state index contributed by atoms with van der Waals surface area (Å²) in [6, 6.07) is 14.6. The SMILES string of the molecule is COc1cccc(-c2ccc(C3CCN(S(=O)(=O)C4(C(C)=O)C[C@@H](C)[C@@H](C)C4)CC3)cc2C)c1. The number of carbonyl (C=O) groups excluding carboxylic acids is 1. The topological polar surface area (TPSA) is 63.7 Å². The maximum Gasteiger partial charge on any atom is 0.227 e. The molecule has 0 bridgehead atoms. The minimum absolute atomic E-state index is 0.199. The summed E-state index contributed by atoms with van der Waals surface area (Å²) in [5.41, 5.74) is 4.75. The van der Waals surface area contributed by atoms with Gasteiger partial charge in [0.25, 0.3) is 0 Å². The van der Waals surface area contributed by atoms with Crippen LogP contribution in [0.3, 0.4) is 0 Å². The molecule has 4 rings (SSSR count). The lowest BCUT2D eigenvalue weighted by molar-refractivity contribution is -0.119. The van der Waals surface area contributed by atoms with Crippen molar-refractivity contribution in [3.8, 4) is 16.9 Å². The van der Waals surface area contributed by atoms with Crippen LogP contribution >= 0.6 is 0 Å². The highest BCUT2D eigenvalue weighted by Gasteiger charge is 2.56. The van der Waals surface area contributed by atoms with E-state index >= 15 is 0 Å². The van der Waals surface area contributed by atoms with E-state index in [-0.39, 0.29) is 17.6 Å². The molecule has 2 aromatic rings. The molecular weight excluding hydrogens is 446 g/mol. The molecule has 34 heavy (non-hydrogen) atoms. The molecule has 0 amide bonds. The number of rotatable bonds is 6. The third-order valence-electron chi connectivity index (χ3n) is 8.31. The van der Waals surface area contributed by atoms with E-state index in [2.05, 4.69) is 45.0 Å². The average Bonchev–Trinajstić information content (AvgIpc) is 3.15. The number of carbonyl (C=O) groups is 1. The number of methoxy groups -OCH3 is 1. The predicted octanol–water partition coefficient (Wildman–Crippen LogP) is 5.57. The summed E-state index contributed by atoms with van der Waals surface area (Å²) in [4.78, 5) is 12.6. The summed E-state index contributed by atoms with van der Waals surface area (Å²) in [5.74, 6) is 1.43. The highest BCUT2D eigenvalue weighted by Crippen LogP contribution is 2.47. The van der Waals surface area contributed by atoms with E-state index in [1.54, 1.807) is 11.4 Å². The molecule has 1 aliphatic heterocycles. The predicted molar refractivity (Wildman–Crippen MR) is 137 cm³/mol. The van der Waals surface area contributed by atoms with Gasteiger partial charge in [-0.05, 0) is 91.7 Å². The van der Waals surface area contributed by atoms with Crippen LogP contribution in [0, 0.1) is 18.8 Å². The molecule has 184 valence electrons. The zero-order valence-corrected chi connectivity index (χ0v) is 21.8. The van der Waals surface area contributed by atoms with Crippen LogP contribution in [-0.2, 0) is 14.8 Å². The molecule has 1 unspecified atom stereocenters. The Hall–Kier alpha value is -2.18. The highest BCUT2D eigenvalue weighted by atomic mass is 32.2. The van der Waals surface area contributed by atoms with E-state index in [1.165, 1.54) is 23.6 Å². The maximum absolute atomic E-state index is 13.7. The lowest BCUT2D eigenvalue weighted by atomic mass is 9.87. The normalized spacial score (nSPS) is 26.5. The van der Waals surface area contributed by atoms with Crippen molar-refractivity contribution < 1.29 is 17.9 Å². The van der Waals surface area contributed by atoms with Gasteiger partial charge in [0.1, 0.15) is 10.5 Å². The van der Waals surface area contributed by atoms with Crippen LogP contribution < -0.4 is 4.74 Å². The van der Waals surface area contributed by atoms with E-state index in [1.807, 2.05) is 18.2 Å². The number of sulfonamides is 1. The molecule has 5 nitrogen and oxygen atoms in total. The van der Waals surface area contributed by atoms with Gasteiger partial charge in [-0.25, -0.2) is 12.7 Å². The van der Waals surface area contributed by atoms with Gasteiger partial charge >= 0.3 is 0 Å². The second kappa shape index (κ2) is 9.46. The number of hydrogen-bond donors (Lipinski definition) is 0. The Labute approximate surface area is 204 Å². The van der Waals surface area contributed by atoms with Crippen molar-refractivity contribution in [2.45, 2.75) is 64.0 Å². The van der Waals surface area contributed by atoms with Crippen LogP contribution in [0.5, 0.6) is 5.75 Å². The van der Waals surface area contributed by atoms with Gasteiger partial charge in [0, 0.05) is 13.1 Å². The number of ether oxygens (including phenoxy) is 1. The highest BCUT2D eigenvalue weighted by molar-refractivity contribution is 7.91. The van der Waals surface area contributed by atoms with Crippen LogP contribution in [-0.4, -0.2) is 43.5 Å². The number of piperidine rings is 1. The molecular formula is C28H37NO4S. The summed E-state index contributed by atoms with van der Waals surface area (Å²) in [6.45, 7) is 8.66. The van der Waals surface area contributed by atoms with E-state index in [0.29, 0.717) is 31.8 Å². The van der Waals surface area contributed by atoms with Crippen LogP contribution in [0.4, 0.5) is 0 Å². The van der Waals surface area contributed by atoms with Gasteiger partial charge in [-0.15, -0.1) is 0 Å². The van der Waals surface area contributed by atoms with Crippen molar-refractivity contribution in [3.05, 3.63) is 53.6 Å². The summed E-state index contributed by atoms with van der Waals surface area (Å²) in [7, 11) is -2.01. The Balaban J connectivity index is 1.49. The molecule has 0 N–H and O–H groups in total. The molecule has 0 aromatic heterocycles. The standard InChI is InChI=1S/C28H37NO4S/c1-19-15-24(9-10-27(19)25-7-6-8-26(16-25)33-5)23-11-13-29(14-12-23)34(31,32)28(22(4)30)17-20(2)21(3)18-28/h6-10,15-16,20-21,23H,11-14,17-18H2,1-5H3/t20-,21+,28?. The average molecular weight is 484 g/mol. The Morgan fingerprint density at radius 2 is 1.68 bits per heavy atom. The molecule has 6 heteroatoms. The first-order valence-corrected chi connectivity index (χ1v) is 13.8. The zero-order valence-electron chi connectivity index (χ0n) is 21.0. The molecule has 2 aromatic carbocycles. The van der Waals surface area contributed by atoms with Crippen molar-refractivity contribution in [3.63, 3.8) is 0 Å². The summed E-state index contributed by atoms with van der Waals surface area (Å²) in [5, 5.41) is 0. The van der Waals surface area contributed by atoms with Crippen molar-refractivity contribution in [1.82, 2.24) is 4.31 Å². The first-order valence-electron chi connectivity index (χ1n) is 12.3. The molecule has 1 saturated heterocycles. The minimum Gasteiger partial charge on any atom is -0.497 e. The second-order valence-corrected chi connectivity index (χ2v) is 12.6. The van der Waals surface area contributed by atoms with Crippen molar-refractivity contribution in [1.29, 1.82) is 0 Å². The Morgan fingerprint density at radius 3 is 2.24 bits per heavy atom. The van der Waals surface area contributed by atoms with Crippen LogP contribution in [0.25, 0.3) is 11.1 Å². The maximum atomic E-state index is 13.7. The number of benzene rings is 2. The monoisotopic (exact) mass is 483 g/mol. The first-order chi connectivity index (χ1) is 16.1. The number of hydrogen-bond acceptors (Lipinski definition) is 4. The van der Waals surface area contributed by atoms with Crippen molar-refractivity contribution >= 4 is 15.8 Å². The lowest BCUT2D eigenvalue weighted by Gasteiger charge is -2.37. The van der Waals surface area contributed by atoms with Gasteiger partial charge in [0.05, 0.1) is 7.11 Å². The number of nitrogens with zero attached hydrogens (tertiary/aromatic N) is 1. The van der Waals surface area contributed by atoms with Gasteiger partial charge in [-0.3, -0.25) is 4.79 Å². The van der Waals surface area contributed by atoms with Gasteiger partial charge < -0.3 is 4.74 Å². The fourth-order valence-electron chi connectivity index (χ4n) is 5.94. The molecule has 0 radical (unpaired) electrons. The van der Waals surface area contributed by atoms with Gasteiger partial charge in [-0.2, -0.15) is 0 Å². The first kappa shape index (κ1) is 24.9. The molecule has 1 aliphatic carbocycles. The molecule has 3 atom stereocenters. The Morgan fingerprint density at radius 1 is 1.03 bits per heavy atom. The number of aryl methyl sites for hydroxylation is 1. The van der Waals surface area contributed by atoms with E-state index in [0.717, 1.165) is 24.2 Å². The van der Waals surface area contributed by atoms with Gasteiger partial charge in [-0.1, -0.05) is 44.2 Å². The van der Waals surface area contributed by atoms with Crippen molar-refractivity contribution in [2.75, 3.05) is 20.2 Å². The smallest absolute Gasteiger partial charge is 0.227 e. The van der Waals surface area contributed by atoms with Crippen molar-refractivity contribution in [2.24, 2.45) is 11.8 Å². The number of ketones is 1. The van der Waals surface area contributed by atoms with Gasteiger partial charge in [0.15, 0.2) is 5.78 Å². The van der Waals surface area contributed by atoms with E-state index in [9.17, 15) is 13.2 Å². The molecule has 1 heterocycles. The largest absolute Gasteiger partial charge is 0.497 e. The molecule has 0 spiro atoms. The lowest BCUT2D eigenvalue weighted by Crippen LogP contribution is -2.53. The Kier molecular flexibility index (Phi) is 6.94. The van der Waals surface area contributed by atoms with E-state index in [4.69, 9.17) is 4.74 Å². The second-order valence-electron chi connectivity index (χ2n) is 10.4. The van der Waals surface area contributed by atoms with Gasteiger partial charge in [0.2, 0.25) is 10.0 Å². The number of Topliss-reactive ketones (excluding diaryl/α,β-unsaturated/α-hetero) is 1. The van der Waals surface area contributed by atoms with Crippen LogP contribution in [0.2, 0.25) is 0 Å². The fraction of sp³-hybridized carbons (Fsp3) is 0.536. The van der Waals surface area contributed by atoms with Crippen LogP contribution in [0.15, 0.2) is 42.5 Å². The van der Waals surface area contributed by atoms with E-state index < -0.39 is 14.8 Å². The summed E-state index contributed by atoms with van der Waals surface area (Å²) < 4.78 is 33.1. The zero-order chi connectivity index (χ0) is 24.7. The van der Waals surface area contributed by atoms with Crippen LogP contribution in [0.1, 0.15) is 63.5 Å². The molecule has 1 saturated carbocycles. The third kappa shape index (κ3) is 4.31.